The first-order valence-corrected chi connectivity index (χ1v) is 4.43. The van der Waals surface area contributed by atoms with Gasteiger partial charge >= 0.3 is 0 Å². The summed E-state index contributed by atoms with van der Waals surface area (Å²) < 4.78 is 0. The Balaban J connectivity index is 3.26. The smallest absolute Gasteiger partial charge is 0.156 e. The molecule has 0 spiro atoms. The molecule has 14 heavy (non-hydrogen) atoms. The van der Waals surface area contributed by atoms with Crippen molar-refractivity contribution in [2.45, 2.75) is 0 Å². The van der Waals surface area contributed by atoms with Crippen molar-refractivity contribution < 1.29 is 10.2 Å². The molecule has 4 nitrogen and oxygen atoms in total. The van der Waals surface area contributed by atoms with Gasteiger partial charge in [0.05, 0.1) is 11.2 Å². The summed E-state index contributed by atoms with van der Waals surface area (Å²) in [6, 6.07) is 1.36. The summed E-state index contributed by atoms with van der Waals surface area (Å²) in [6.07, 6.45) is 1.34. The molecular weight excluding hydrogens is 227 g/mol. The monoisotopic (exact) mass is 234 g/mol. The van der Waals surface area contributed by atoms with Gasteiger partial charge in [-0.2, -0.15) is 5.10 Å². The number of nitrogens with zero attached hydrogens (tertiary/aromatic N) is 1. The molecule has 1 aromatic carbocycles. The summed E-state index contributed by atoms with van der Waals surface area (Å²) in [4.78, 5) is 0. The Morgan fingerprint density at radius 2 is 2.00 bits per heavy atom. The predicted octanol–water partition coefficient (Wildman–Crippen LogP) is 1.96. The predicted molar refractivity (Wildman–Crippen MR) is 56.4 cm³/mol. The number of hydrazone groups is 1. The second-order valence-corrected chi connectivity index (χ2v) is 3.23. The van der Waals surface area contributed by atoms with Gasteiger partial charge in [-0.25, -0.2) is 0 Å². The second-order valence-electron chi connectivity index (χ2n) is 2.44. The Kier molecular flexibility index (Phi) is 3.43. The second kappa shape index (κ2) is 4.39. The molecule has 0 aliphatic rings. The first kappa shape index (κ1) is 10.9. The zero-order valence-electron chi connectivity index (χ0n) is 7.25. The van der Waals surface area contributed by atoms with Crippen molar-refractivity contribution >= 4 is 29.4 Å². The van der Waals surface area contributed by atoms with Crippen LogP contribution in [-0.4, -0.2) is 23.5 Å². The van der Waals surface area contributed by atoms with Crippen molar-refractivity contribution in [1.29, 1.82) is 0 Å². The van der Waals surface area contributed by atoms with Crippen LogP contribution in [0, 0.1) is 0 Å². The quantitative estimate of drug-likeness (QED) is 0.542. The zero-order chi connectivity index (χ0) is 10.7. The van der Waals surface area contributed by atoms with E-state index in [0.29, 0.717) is 5.56 Å². The van der Waals surface area contributed by atoms with Gasteiger partial charge in [-0.1, -0.05) is 23.2 Å². The van der Waals surface area contributed by atoms with Crippen molar-refractivity contribution in [2.24, 2.45) is 5.10 Å². The molecule has 0 atom stereocenters. The molecule has 0 aliphatic carbocycles. The maximum absolute atomic E-state index is 9.46. The van der Waals surface area contributed by atoms with Crippen molar-refractivity contribution in [3.05, 3.63) is 21.7 Å². The molecule has 0 aliphatic heterocycles. The molecular formula is C8H8Cl2N2O2. The van der Waals surface area contributed by atoms with Crippen LogP contribution in [-0.2, 0) is 0 Å². The number of halogens is 2. The average Bonchev–Trinajstić information content (AvgIpc) is 2.18. The number of benzene rings is 1. The third kappa shape index (κ3) is 2.02. The van der Waals surface area contributed by atoms with Gasteiger partial charge in [0.2, 0.25) is 0 Å². The lowest BCUT2D eigenvalue weighted by Gasteiger charge is -2.05. The number of nitrogens with one attached hydrogen (secondary N) is 1. The third-order valence-electron chi connectivity index (χ3n) is 1.53. The lowest BCUT2D eigenvalue weighted by atomic mass is 10.2. The summed E-state index contributed by atoms with van der Waals surface area (Å²) >= 11 is 11.2. The van der Waals surface area contributed by atoms with Crippen LogP contribution in [0.5, 0.6) is 11.5 Å². The molecule has 0 saturated heterocycles. The lowest BCUT2D eigenvalue weighted by Crippen LogP contribution is -1.95. The summed E-state index contributed by atoms with van der Waals surface area (Å²) in [6.45, 7) is 0. The maximum atomic E-state index is 9.46. The minimum absolute atomic E-state index is 0.0605. The highest BCUT2D eigenvalue weighted by atomic mass is 35.5. The molecule has 3 N–H and O–H groups in total. The van der Waals surface area contributed by atoms with Gasteiger partial charge in [-0.15, -0.1) is 0 Å². The van der Waals surface area contributed by atoms with Gasteiger partial charge < -0.3 is 15.6 Å². The van der Waals surface area contributed by atoms with Crippen LogP contribution in [0.1, 0.15) is 5.56 Å². The van der Waals surface area contributed by atoms with Gasteiger partial charge in [0.25, 0.3) is 0 Å². The standard InChI is InChI=1S/C8H8Cl2N2O2/c1-11-12-3-4-2-5(9)8(14)6(10)7(4)13/h2-3,11,13-14H,1H3. The Bertz CT molecular complexity index is 380. The maximum Gasteiger partial charge on any atom is 0.156 e. The average molecular weight is 235 g/mol. The van der Waals surface area contributed by atoms with Gasteiger partial charge in [0, 0.05) is 12.6 Å². The molecule has 0 heterocycles. The summed E-state index contributed by atoms with van der Waals surface area (Å²) in [5, 5.41) is 22.3. The van der Waals surface area contributed by atoms with E-state index < -0.39 is 0 Å². The van der Waals surface area contributed by atoms with Crippen LogP contribution >= 0.6 is 23.2 Å². The Labute approximate surface area is 90.8 Å². The van der Waals surface area contributed by atoms with Crippen LogP contribution in [0.2, 0.25) is 10.0 Å². The van der Waals surface area contributed by atoms with E-state index in [4.69, 9.17) is 23.2 Å². The van der Waals surface area contributed by atoms with E-state index in [1.807, 2.05) is 0 Å². The number of rotatable bonds is 2. The summed E-state index contributed by atoms with van der Waals surface area (Å²) in [5.74, 6) is -0.597. The lowest BCUT2D eigenvalue weighted by molar-refractivity contribution is 0.450. The number of hydrogen-bond donors (Lipinski definition) is 3. The molecule has 76 valence electrons. The number of phenolic OH excluding ortho intramolecular Hbond substituents is 2. The minimum atomic E-state index is -0.340. The highest BCUT2D eigenvalue weighted by molar-refractivity contribution is 6.38. The van der Waals surface area contributed by atoms with Crippen LogP contribution < -0.4 is 5.43 Å². The number of aromatic hydroxyl groups is 2. The molecule has 1 aromatic rings. The molecule has 0 radical (unpaired) electrons. The first-order chi connectivity index (χ1) is 6.57. The Morgan fingerprint density at radius 3 is 2.57 bits per heavy atom. The van der Waals surface area contributed by atoms with Gasteiger partial charge in [-0.3, -0.25) is 0 Å². The van der Waals surface area contributed by atoms with Gasteiger partial charge in [0.1, 0.15) is 10.8 Å². The normalized spacial score (nSPS) is 10.8. The van der Waals surface area contributed by atoms with E-state index in [1.54, 1.807) is 7.05 Å². The van der Waals surface area contributed by atoms with Crippen molar-refractivity contribution in [3.8, 4) is 11.5 Å². The molecule has 0 saturated carbocycles. The SMILES string of the molecule is CNN=Cc1cc(Cl)c(O)c(Cl)c1O. The highest BCUT2D eigenvalue weighted by Crippen LogP contribution is 2.40. The van der Waals surface area contributed by atoms with Crippen LogP contribution in [0.3, 0.4) is 0 Å². The van der Waals surface area contributed by atoms with E-state index in [0.717, 1.165) is 0 Å². The van der Waals surface area contributed by atoms with Crippen molar-refractivity contribution in [3.63, 3.8) is 0 Å². The van der Waals surface area contributed by atoms with Crippen LogP contribution in [0.4, 0.5) is 0 Å². The van der Waals surface area contributed by atoms with Crippen LogP contribution in [0.25, 0.3) is 0 Å². The fourth-order valence-electron chi connectivity index (χ4n) is 0.849. The molecule has 1 rings (SSSR count). The molecule has 0 aromatic heterocycles. The number of hydrogen-bond acceptors (Lipinski definition) is 4. The Morgan fingerprint density at radius 1 is 1.36 bits per heavy atom. The summed E-state index contributed by atoms with van der Waals surface area (Å²) in [5.41, 5.74) is 2.83. The molecule has 0 fully saturated rings. The van der Waals surface area contributed by atoms with Gasteiger partial charge in [-0.05, 0) is 6.07 Å². The highest BCUT2D eigenvalue weighted by Gasteiger charge is 2.13. The fourth-order valence-corrected chi connectivity index (χ4v) is 1.32. The van der Waals surface area contributed by atoms with E-state index in [-0.39, 0.29) is 21.5 Å². The van der Waals surface area contributed by atoms with E-state index in [9.17, 15) is 10.2 Å². The molecule has 6 heteroatoms. The van der Waals surface area contributed by atoms with Gasteiger partial charge in [0.15, 0.2) is 5.75 Å². The largest absolute Gasteiger partial charge is 0.506 e. The topological polar surface area (TPSA) is 64.9 Å². The molecule has 0 bridgehead atoms. The fraction of sp³-hybridized carbons (Fsp3) is 0.125. The van der Waals surface area contributed by atoms with Crippen LogP contribution in [0.15, 0.2) is 11.2 Å². The summed E-state index contributed by atoms with van der Waals surface area (Å²) in [7, 11) is 1.61. The van der Waals surface area contributed by atoms with E-state index >= 15 is 0 Å². The number of phenols is 2. The zero-order valence-corrected chi connectivity index (χ0v) is 8.76. The minimum Gasteiger partial charge on any atom is -0.506 e. The van der Waals surface area contributed by atoms with Crippen molar-refractivity contribution in [1.82, 2.24) is 5.43 Å². The van der Waals surface area contributed by atoms with E-state index in [2.05, 4.69) is 10.5 Å². The van der Waals surface area contributed by atoms with E-state index in [1.165, 1.54) is 12.3 Å². The first-order valence-electron chi connectivity index (χ1n) is 3.67. The third-order valence-corrected chi connectivity index (χ3v) is 2.18. The molecule has 0 unspecified atom stereocenters. The Hall–Kier alpha value is -1.13. The molecule has 0 amide bonds. The van der Waals surface area contributed by atoms with Crippen molar-refractivity contribution in [2.75, 3.05) is 7.05 Å².